The van der Waals surface area contributed by atoms with Crippen LogP contribution < -0.4 is 4.74 Å². The molecule has 0 unspecified atom stereocenters. The standard InChI is InChI=1S/C13H17NO3S/c1-5-17-9-6-7-11-10(8-9)12(13(2,3)4)14-18(11,15)16/h6-8H,5H2,1-4H3. The molecule has 0 fully saturated rings. The van der Waals surface area contributed by atoms with Gasteiger partial charge in [0.15, 0.2) is 0 Å². The monoisotopic (exact) mass is 267 g/mol. The average Bonchev–Trinajstić information content (AvgIpc) is 2.51. The van der Waals surface area contributed by atoms with Crippen molar-refractivity contribution in [3.8, 4) is 5.75 Å². The lowest BCUT2D eigenvalue weighted by Gasteiger charge is -2.18. The minimum absolute atomic E-state index is 0.274. The van der Waals surface area contributed by atoms with Crippen molar-refractivity contribution in [1.29, 1.82) is 0 Å². The topological polar surface area (TPSA) is 55.7 Å². The van der Waals surface area contributed by atoms with Crippen LogP contribution in [0.1, 0.15) is 33.3 Å². The van der Waals surface area contributed by atoms with Gasteiger partial charge in [-0.3, -0.25) is 0 Å². The highest BCUT2D eigenvalue weighted by Crippen LogP contribution is 2.36. The average molecular weight is 267 g/mol. The molecule has 0 atom stereocenters. The van der Waals surface area contributed by atoms with Gasteiger partial charge in [0.1, 0.15) is 5.75 Å². The summed E-state index contributed by atoms with van der Waals surface area (Å²) in [6.07, 6.45) is 0. The second-order valence-electron chi connectivity index (χ2n) is 5.26. The molecule has 0 bridgehead atoms. The zero-order valence-electron chi connectivity index (χ0n) is 11.0. The number of rotatable bonds is 2. The van der Waals surface area contributed by atoms with Gasteiger partial charge in [-0.1, -0.05) is 20.8 Å². The fourth-order valence-corrected chi connectivity index (χ4v) is 3.32. The zero-order valence-corrected chi connectivity index (χ0v) is 11.8. The fraction of sp³-hybridized carbons (Fsp3) is 0.462. The lowest BCUT2D eigenvalue weighted by molar-refractivity contribution is 0.340. The molecule has 1 heterocycles. The molecule has 5 heteroatoms. The second-order valence-corrected chi connectivity index (χ2v) is 6.83. The van der Waals surface area contributed by atoms with Gasteiger partial charge in [0.05, 0.1) is 17.2 Å². The Kier molecular flexibility index (Phi) is 2.97. The van der Waals surface area contributed by atoms with Crippen LogP contribution in [0.5, 0.6) is 5.75 Å². The number of fused-ring (bicyclic) bond motifs is 1. The van der Waals surface area contributed by atoms with Crippen molar-refractivity contribution in [2.75, 3.05) is 6.61 Å². The molecule has 18 heavy (non-hydrogen) atoms. The summed E-state index contributed by atoms with van der Waals surface area (Å²) in [5.74, 6) is 0.672. The van der Waals surface area contributed by atoms with Crippen LogP contribution in [-0.4, -0.2) is 20.7 Å². The van der Waals surface area contributed by atoms with E-state index in [-0.39, 0.29) is 10.3 Å². The third-order valence-corrected chi connectivity index (χ3v) is 4.05. The van der Waals surface area contributed by atoms with E-state index in [0.717, 1.165) is 0 Å². The SMILES string of the molecule is CCOc1ccc2c(c1)C(C(C)(C)C)=NS2(=O)=O. The van der Waals surface area contributed by atoms with E-state index in [1.165, 1.54) is 0 Å². The molecular formula is C13H17NO3S. The zero-order chi connectivity index (χ0) is 13.6. The van der Waals surface area contributed by atoms with E-state index in [2.05, 4.69) is 4.40 Å². The molecule has 0 aromatic heterocycles. The van der Waals surface area contributed by atoms with Crippen LogP contribution in [0.25, 0.3) is 0 Å². The van der Waals surface area contributed by atoms with Crippen molar-refractivity contribution in [3.63, 3.8) is 0 Å². The summed E-state index contributed by atoms with van der Waals surface area (Å²) in [6.45, 7) is 8.29. The molecule has 4 nitrogen and oxygen atoms in total. The summed E-state index contributed by atoms with van der Waals surface area (Å²) in [7, 11) is -3.54. The molecule has 0 saturated carbocycles. The first-order valence-electron chi connectivity index (χ1n) is 5.88. The normalized spacial score (nSPS) is 17.2. The van der Waals surface area contributed by atoms with Crippen molar-refractivity contribution in [3.05, 3.63) is 23.8 Å². The highest BCUT2D eigenvalue weighted by atomic mass is 32.2. The predicted octanol–water partition coefficient (Wildman–Crippen LogP) is 2.62. The highest BCUT2D eigenvalue weighted by Gasteiger charge is 2.35. The molecule has 0 N–H and O–H groups in total. The van der Waals surface area contributed by atoms with Gasteiger partial charge >= 0.3 is 0 Å². The van der Waals surface area contributed by atoms with Gasteiger partial charge in [-0.25, -0.2) is 0 Å². The van der Waals surface area contributed by atoms with Crippen LogP contribution in [0.2, 0.25) is 0 Å². The molecule has 98 valence electrons. The minimum atomic E-state index is -3.54. The maximum Gasteiger partial charge on any atom is 0.283 e. The Balaban J connectivity index is 2.63. The molecule has 1 aromatic rings. The largest absolute Gasteiger partial charge is 0.494 e. The van der Waals surface area contributed by atoms with Gasteiger partial charge in [0.2, 0.25) is 0 Å². The third-order valence-electron chi connectivity index (χ3n) is 2.72. The van der Waals surface area contributed by atoms with Crippen LogP contribution in [0.15, 0.2) is 27.5 Å². The lowest BCUT2D eigenvalue weighted by atomic mass is 9.86. The highest BCUT2D eigenvalue weighted by molar-refractivity contribution is 7.90. The van der Waals surface area contributed by atoms with Crippen LogP contribution in [0.4, 0.5) is 0 Å². The molecule has 0 amide bonds. The summed E-state index contributed by atoms with van der Waals surface area (Å²) < 4.78 is 33.2. The maximum atomic E-state index is 12.0. The predicted molar refractivity (Wildman–Crippen MR) is 70.8 cm³/mol. The van der Waals surface area contributed by atoms with Gasteiger partial charge in [0, 0.05) is 11.0 Å². The van der Waals surface area contributed by atoms with E-state index in [0.29, 0.717) is 23.6 Å². The first-order valence-corrected chi connectivity index (χ1v) is 7.32. The van der Waals surface area contributed by atoms with Gasteiger partial charge in [-0.15, -0.1) is 0 Å². The minimum Gasteiger partial charge on any atom is -0.494 e. The van der Waals surface area contributed by atoms with Crippen molar-refractivity contribution in [2.45, 2.75) is 32.6 Å². The summed E-state index contributed by atoms with van der Waals surface area (Å²) in [6, 6.07) is 4.99. The lowest BCUT2D eigenvalue weighted by Crippen LogP contribution is -2.19. The smallest absolute Gasteiger partial charge is 0.283 e. The van der Waals surface area contributed by atoms with Crippen LogP contribution >= 0.6 is 0 Å². The van der Waals surface area contributed by atoms with Crippen LogP contribution in [-0.2, 0) is 10.0 Å². The molecular weight excluding hydrogens is 250 g/mol. The summed E-state index contributed by atoms with van der Waals surface area (Å²) in [4.78, 5) is 0.274. The van der Waals surface area contributed by atoms with Gasteiger partial charge in [0.25, 0.3) is 10.0 Å². The van der Waals surface area contributed by atoms with E-state index >= 15 is 0 Å². The van der Waals surface area contributed by atoms with Crippen molar-refractivity contribution < 1.29 is 13.2 Å². The molecule has 2 rings (SSSR count). The van der Waals surface area contributed by atoms with Gasteiger partial charge in [-0.05, 0) is 25.1 Å². The Labute approximate surface area is 108 Å². The first-order chi connectivity index (χ1) is 8.25. The quantitative estimate of drug-likeness (QED) is 0.827. The van der Waals surface area contributed by atoms with E-state index < -0.39 is 10.0 Å². The summed E-state index contributed by atoms with van der Waals surface area (Å²) in [5.41, 5.74) is 0.941. The van der Waals surface area contributed by atoms with E-state index in [9.17, 15) is 8.42 Å². The Hall–Kier alpha value is -1.36. The molecule has 1 aromatic carbocycles. The Bertz CT molecular complexity index is 610. The Morgan fingerprint density at radius 3 is 2.50 bits per heavy atom. The van der Waals surface area contributed by atoms with Gasteiger partial charge in [-0.2, -0.15) is 12.8 Å². The molecule has 1 aliphatic rings. The summed E-state index contributed by atoms with van der Waals surface area (Å²) in [5, 5.41) is 0. The van der Waals surface area contributed by atoms with Crippen LogP contribution in [0.3, 0.4) is 0 Å². The van der Waals surface area contributed by atoms with Gasteiger partial charge < -0.3 is 4.74 Å². The van der Waals surface area contributed by atoms with Crippen molar-refractivity contribution in [1.82, 2.24) is 0 Å². The second kappa shape index (κ2) is 4.09. The summed E-state index contributed by atoms with van der Waals surface area (Å²) >= 11 is 0. The van der Waals surface area contributed by atoms with E-state index in [4.69, 9.17) is 4.74 Å². The number of nitrogens with zero attached hydrogens (tertiary/aromatic N) is 1. The van der Waals surface area contributed by atoms with E-state index in [1.807, 2.05) is 27.7 Å². The third kappa shape index (κ3) is 2.14. The molecule has 1 aliphatic heterocycles. The number of sulfonamides is 1. The van der Waals surface area contributed by atoms with Crippen LogP contribution in [0, 0.1) is 5.41 Å². The number of hydrogen-bond donors (Lipinski definition) is 0. The Morgan fingerprint density at radius 1 is 1.28 bits per heavy atom. The van der Waals surface area contributed by atoms with Crippen molar-refractivity contribution in [2.24, 2.45) is 9.81 Å². The van der Waals surface area contributed by atoms with E-state index in [1.54, 1.807) is 18.2 Å². The Morgan fingerprint density at radius 2 is 1.94 bits per heavy atom. The van der Waals surface area contributed by atoms with Crippen molar-refractivity contribution >= 4 is 15.7 Å². The first kappa shape index (κ1) is 13.1. The number of benzene rings is 1. The molecule has 0 spiro atoms. The fourth-order valence-electron chi connectivity index (χ4n) is 1.94. The molecule has 0 saturated heterocycles. The molecule has 0 radical (unpaired) electrons. The molecule has 0 aliphatic carbocycles. The number of hydrogen-bond acceptors (Lipinski definition) is 3. The number of ether oxygens (including phenoxy) is 1. The maximum absolute atomic E-state index is 12.0.